The van der Waals surface area contributed by atoms with E-state index in [9.17, 15) is 0 Å². The number of ether oxygens (including phenoxy) is 1. The van der Waals surface area contributed by atoms with Gasteiger partial charge in [-0.15, -0.1) is 11.3 Å². The third-order valence-electron chi connectivity index (χ3n) is 2.27. The largest absolute Gasteiger partial charge is 0.486 e. The second kappa shape index (κ2) is 7.53. The van der Waals surface area contributed by atoms with Crippen LogP contribution in [0.25, 0.3) is 0 Å². The summed E-state index contributed by atoms with van der Waals surface area (Å²) in [5, 5.41) is 14.5. The van der Waals surface area contributed by atoms with Gasteiger partial charge in [0.25, 0.3) is 0 Å². The molecule has 0 aliphatic heterocycles. The zero-order valence-electron chi connectivity index (χ0n) is 10.7. The van der Waals surface area contributed by atoms with E-state index in [1.807, 2.05) is 42.1 Å². The molecule has 0 bridgehead atoms. The number of benzene rings is 1. The van der Waals surface area contributed by atoms with Crippen molar-refractivity contribution in [2.45, 2.75) is 6.61 Å². The molecule has 20 heavy (non-hydrogen) atoms. The molecule has 0 aliphatic rings. The Morgan fingerprint density at radius 1 is 1.50 bits per heavy atom. The molecule has 1 heterocycles. The lowest BCUT2D eigenvalue weighted by Gasteiger charge is -2.04. The smallest absolute Gasteiger partial charge is 0.183 e. The molecule has 5 nitrogen and oxygen atoms in total. The third-order valence-corrected chi connectivity index (χ3v) is 3.60. The average Bonchev–Trinajstić information content (AvgIpc) is 2.99. The topological polar surface area (TPSA) is 70.3 Å². The highest BCUT2D eigenvalue weighted by Gasteiger charge is 2.00. The van der Waals surface area contributed by atoms with E-state index in [0.717, 1.165) is 16.4 Å². The number of nitrogens with zero attached hydrogens (tertiary/aromatic N) is 3. The normalized spacial score (nSPS) is 10.9. The Kier molecular flexibility index (Phi) is 5.41. The molecule has 1 N–H and O–H groups in total. The number of nitrogens with one attached hydrogen (secondary N) is 1. The lowest BCUT2D eigenvalue weighted by atomic mass is 10.3. The highest BCUT2D eigenvalue weighted by atomic mass is 32.2. The summed E-state index contributed by atoms with van der Waals surface area (Å²) in [6.45, 7) is 0.465. The maximum Gasteiger partial charge on any atom is 0.183 e. The fourth-order valence-corrected chi connectivity index (χ4v) is 2.25. The number of amidine groups is 1. The van der Waals surface area contributed by atoms with Crippen LogP contribution in [0.3, 0.4) is 0 Å². The van der Waals surface area contributed by atoms with E-state index in [2.05, 4.69) is 15.3 Å². The maximum atomic E-state index is 8.57. The Bertz CT molecular complexity index is 602. The van der Waals surface area contributed by atoms with Gasteiger partial charge >= 0.3 is 0 Å². The van der Waals surface area contributed by atoms with Gasteiger partial charge in [-0.3, -0.25) is 5.32 Å². The minimum atomic E-state index is 0.465. The van der Waals surface area contributed by atoms with Crippen molar-refractivity contribution < 1.29 is 4.74 Å². The SMILES string of the molecule is CSC(=Nc1ccc(OCc2nccs2)cc1)NC#N. The molecule has 2 rings (SSSR count). The first-order chi connectivity index (χ1) is 9.81. The van der Waals surface area contributed by atoms with Gasteiger partial charge < -0.3 is 4.74 Å². The number of hydrogen-bond donors (Lipinski definition) is 1. The summed E-state index contributed by atoms with van der Waals surface area (Å²) in [4.78, 5) is 8.45. The van der Waals surface area contributed by atoms with E-state index in [1.165, 1.54) is 11.8 Å². The minimum Gasteiger partial charge on any atom is -0.486 e. The monoisotopic (exact) mass is 304 g/mol. The lowest BCUT2D eigenvalue weighted by molar-refractivity contribution is 0.305. The van der Waals surface area contributed by atoms with Gasteiger partial charge in [-0.1, -0.05) is 11.8 Å². The predicted octanol–water partition coefficient (Wildman–Crippen LogP) is 3.14. The molecule has 0 atom stereocenters. The summed E-state index contributed by atoms with van der Waals surface area (Å²) in [7, 11) is 0. The zero-order valence-corrected chi connectivity index (χ0v) is 12.4. The Balaban J connectivity index is 1.97. The van der Waals surface area contributed by atoms with Gasteiger partial charge in [0.1, 0.15) is 17.4 Å². The van der Waals surface area contributed by atoms with E-state index >= 15 is 0 Å². The zero-order chi connectivity index (χ0) is 14.2. The van der Waals surface area contributed by atoms with Crippen LogP contribution < -0.4 is 10.1 Å². The van der Waals surface area contributed by atoms with Gasteiger partial charge in [0.05, 0.1) is 5.69 Å². The maximum absolute atomic E-state index is 8.57. The van der Waals surface area contributed by atoms with Crippen LogP contribution in [0.5, 0.6) is 5.75 Å². The molecule has 0 radical (unpaired) electrons. The molecule has 1 aromatic heterocycles. The van der Waals surface area contributed by atoms with E-state index in [-0.39, 0.29) is 0 Å². The molecule has 0 saturated carbocycles. The first-order valence-corrected chi connectivity index (χ1v) is 7.81. The van der Waals surface area contributed by atoms with Gasteiger partial charge in [0.15, 0.2) is 11.4 Å². The molecule has 0 spiro atoms. The van der Waals surface area contributed by atoms with Gasteiger partial charge in [0.2, 0.25) is 0 Å². The summed E-state index contributed by atoms with van der Waals surface area (Å²) in [6.07, 6.45) is 5.47. The molecular formula is C13H12N4OS2. The number of aliphatic imine (C=N–C) groups is 1. The van der Waals surface area contributed by atoms with Crippen molar-refractivity contribution in [1.82, 2.24) is 10.3 Å². The third kappa shape index (κ3) is 4.26. The lowest BCUT2D eigenvalue weighted by Crippen LogP contribution is -2.12. The van der Waals surface area contributed by atoms with Crippen molar-refractivity contribution in [1.29, 1.82) is 5.26 Å². The van der Waals surface area contributed by atoms with Crippen molar-refractivity contribution in [2.75, 3.05) is 6.26 Å². The van der Waals surface area contributed by atoms with E-state index in [1.54, 1.807) is 17.5 Å². The second-order valence-electron chi connectivity index (χ2n) is 3.57. The molecular weight excluding hydrogens is 292 g/mol. The highest BCUT2D eigenvalue weighted by molar-refractivity contribution is 8.13. The van der Waals surface area contributed by atoms with Crippen molar-refractivity contribution >= 4 is 34.0 Å². The van der Waals surface area contributed by atoms with Crippen LogP contribution in [0.15, 0.2) is 40.8 Å². The molecule has 0 amide bonds. The van der Waals surface area contributed by atoms with Crippen LogP contribution in [-0.2, 0) is 6.61 Å². The van der Waals surface area contributed by atoms with Crippen molar-refractivity contribution in [3.05, 3.63) is 40.8 Å². The van der Waals surface area contributed by atoms with Crippen LogP contribution in [0.4, 0.5) is 5.69 Å². The number of aromatic nitrogens is 1. The standard InChI is InChI=1S/C13H12N4OS2/c1-19-13(16-9-14)17-10-2-4-11(5-3-10)18-8-12-15-6-7-20-12/h2-7H,8H2,1H3,(H,16,17). The Morgan fingerprint density at radius 2 is 2.30 bits per heavy atom. The van der Waals surface area contributed by atoms with Gasteiger partial charge in [-0.25, -0.2) is 9.98 Å². The van der Waals surface area contributed by atoms with Gasteiger partial charge in [-0.05, 0) is 30.5 Å². The molecule has 0 aliphatic carbocycles. The quantitative estimate of drug-likeness (QED) is 0.407. The first-order valence-electron chi connectivity index (χ1n) is 5.71. The Morgan fingerprint density at radius 3 is 2.90 bits per heavy atom. The molecule has 0 unspecified atom stereocenters. The molecule has 0 fully saturated rings. The number of hydrogen-bond acceptors (Lipinski definition) is 6. The number of rotatable bonds is 4. The van der Waals surface area contributed by atoms with Crippen LogP contribution in [0, 0.1) is 11.5 Å². The van der Waals surface area contributed by atoms with Crippen LogP contribution in [0.2, 0.25) is 0 Å². The van der Waals surface area contributed by atoms with Crippen LogP contribution in [0.1, 0.15) is 5.01 Å². The van der Waals surface area contributed by atoms with Crippen LogP contribution >= 0.6 is 23.1 Å². The molecule has 0 saturated heterocycles. The molecule has 1 aromatic carbocycles. The summed E-state index contributed by atoms with van der Waals surface area (Å²) < 4.78 is 5.61. The summed E-state index contributed by atoms with van der Waals surface area (Å²) in [6, 6.07) is 7.37. The van der Waals surface area contributed by atoms with E-state index in [4.69, 9.17) is 10.00 Å². The first kappa shape index (κ1) is 14.4. The number of thiazole rings is 1. The minimum absolute atomic E-state index is 0.465. The predicted molar refractivity (Wildman–Crippen MR) is 82.2 cm³/mol. The van der Waals surface area contributed by atoms with Gasteiger partial charge in [-0.2, -0.15) is 5.26 Å². The molecule has 102 valence electrons. The highest BCUT2D eigenvalue weighted by Crippen LogP contribution is 2.20. The van der Waals surface area contributed by atoms with E-state index in [0.29, 0.717) is 11.8 Å². The fourth-order valence-electron chi connectivity index (χ4n) is 1.38. The average molecular weight is 304 g/mol. The van der Waals surface area contributed by atoms with Crippen molar-refractivity contribution in [2.24, 2.45) is 4.99 Å². The number of thioether (sulfide) groups is 1. The Hall–Kier alpha value is -2.04. The van der Waals surface area contributed by atoms with Gasteiger partial charge in [0, 0.05) is 11.6 Å². The summed E-state index contributed by atoms with van der Waals surface area (Å²) >= 11 is 2.94. The summed E-state index contributed by atoms with van der Waals surface area (Å²) in [5.74, 6) is 0.762. The van der Waals surface area contributed by atoms with Crippen molar-refractivity contribution in [3.63, 3.8) is 0 Å². The summed E-state index contributed by atoms with van der Waals surface area (Å²) in [5.41, 5.74) is 0.763. The van der Waals surface area contributed by atoms with Crippen LogP contribution in [-0.4, -0.2) is 16.4 Å². The molecule has 2 aromatic rings. The Labute approximate surface area is 125 Å². The second-order valence-corrected chi connectivity index (χ2v) is 5.34. The van der Waals surface area contributed by atoms with Crippen molar-refractivity contribution in [3.8, 4) is 11.9 Å². The van der Waals surface area contributed by atoms with E-state index < -0.39 is 0 Å². The molecule has 7 heteroatoms. The fraction of sp³-hybridized carbons (Fsp3) is 0.154. The number of nitriles is 1.